The van der Waals surface area contributed by atoms with E-state index in [4.69, 9.17) is 15.2 Å². The minimum atomic E-state index is -3.63. The molecule has 6 nitrogen and oxygen atoms in total. The molecule has 20 heavy (non-hydrogen) atoms. The Morgan fingerprint density at radius 2 is 2.05 bits per heavy atom. The second-order valence-electron chi connectivity index (χ2n) is 4.78. The van der Waals surface area contributed by atoms with E-state index in [9.17, 15) is 8.42 Å². The minimum absolute atomic E-state index is 0.0676. The van der Waals surface area contributed by atoms with Crippen molar-refractivity contribution in [3.63, 3.8) is 0 Å². The first kappa shape index (κ1) is 16.7. The molecule has 1 rings (SSSR count). The number of ether oxygens (including phenoxy) is 2. The fourth-order valence-corrected chi connectivity index (χ4v) is 2.71. The lowest BCUT2D eigenvalue weighted by Gasteiger charge is -2.12. The van der Waals surface area contributed by atoms with E-state index >= 15 is 0 Å². The molecule has 1 aromatic rings. The van der Waals surface area contributed by atoms with Crippen molar-refractivity contribution in [3.8, 4) is 5.75 Å². The van der Waals surface area contributed by atoms with Crippen molar-refractivity contribution in [1.29, 1.82) is 0 Å². The number of sulfonamides is 1. The Hall–Kier alpha value is -1.31. The van der Waals surface area contributed by atoms with E-state index in [1.165, 1.54) is 25.3 Å². The van der Waals surface area contributed by atoms with Crippen LogP contribution < -0.4 is 15.2 Å². The number of hydrogen-bond acceptors (Lipinski definition) is 5. The second-order valence-corrected chi connectivity index (χ2v) is 6.51. The maximum Gasteiger partial charge on any atom is 0.244 e. The van der Waals surface area contributed by atoms with Gasteiger partial charge in [-0.05, 0) is 18.1 Å². The van der Waals surface area contributed by atoms with Crippen LogP contribution in [0.5, 0.6) is 5.75 Å². The zero-order chi connectivity index (χ0) is 15.2. The molecule has 1 aromatic carbocycles. The van der Waals surface area contributed by atoms with Crippen LogP contribution in [-0.4, -0.2) is 35.3 Å². The molecule has 3 N–H and O–H groups in total. The van der Waals surface area contributed by atoms with E-state index in [0.717, 1.165) is 0 Å². The van der Waals surface area contributed by atoms with E-state index in [1.807, 2.05) is 13.8 Å². The van der Waals surface area contributed by atoms with Crippen LogP contribution in [0.1, 0.15) is 13.8 Å². The third-order valence-electron chi connectivity index (χ3n) is 2.47. The van der Waals surface area contributed by atoms with E-state index in [0.29, 0.717) is 24.8 Å². The fraction of sp³-hybridized carbons (Fsp3) is 0.538. The van der Waals surface area contributed by atoms with Gasteiger partial charge in [-0.2, -0.15) is 0 Å². The number of anilines is 1. The first-order valence-electron chi connectivity index (χ1n) is 6.37. The molecule has 0 saturated heterocycles. The van der Waals surface area contributed by atoms with Crippen LogP contribution in [0.4, 0.5) is 5.69 Å². The number of hydrogen-bond donors (Lipinski definition) is 2. The first-order valence-corrected chi connectivity index (χ1v) is 7.86. The monoisotopic (exact) mass is 302 g/mol. The van der Waals surface area contributed by atoms with Crippen LogP contribution >= 0.6 is 0 Å². The summed E-state index contributed by atoms with van der Waals surface area (Å²) in [6, 6.07) is 4.42. The average molecular weight is 302 g/mol. The highest BCUT2D eigenvalue weighted by Gasteiger charge is 2.18. The van der Waals surface area contributed by atoms with Crippen molar-refractivity contribution >= 4 is 15.7 Å². The summed E-state index contributed by atoms with van der Waals surface area (Å²) in [5.74, 6) is 0.643. The largest absolute Gasteiger partial charge is 0.495 e. The summed E-state index contributed by atoms with van der Waals surface area (Å²) in [6.07, 6.45) is 0. The number of nitrogen functional groups attached to an aromatic ring is 1. The van der Waals surface area contributed by atoms with Gasteiger partial charge in [0.2, 0.25) is 10.0 Å². The van der Waals surface area contributed by atoms with Gasteiger partial charge in [0, 0.05) is 24.9 Å². The first-order chi connectivity index (χ1) is 9.36. The van der Waals surface area contributed by atoms with E-state index in [-0.39, 0.29) is 17.2 Å². The van der Waals surface area contributed by atoms with Crippen LogP contribution in [0, 0.1) is 5.92 Å². The van der Waals surface area contributed by atoms with Crippen molar-refractivity contribution in [2.75, 3.05) is 32.6 Å². The summed E-state index contributed by atoms with van der Waals surface area (Å²) in [7, 11) is -2.23. The van der Waals surface area contributed by atoms with Crippen molar-refractivity contribution in [1.82, 2.24) is 4.72 Å². The summed E-state index contributed by atoms with van der Waals surface area (Å²) < 4.78 is 37.1. The molecule has 0 radical (unpaired) electrons. The third-order valence-corrected chi connectivity index (χ3v) is 3.97. The molecule has 0 aliphatic rings. The Bertz CT molecular complexity index is 529. The molecule has 0 unspecified atom stereocenters. The molecule has 0 atom stereocenters. The van der Waals surface area contributed by atoms with Gasteiger partial charge in [0.05, 0.1) is 13.7 Å². The van der Waals surface area contributed by atoms with Crippen LogP contribution in [0.25, 0.3) is 0 Å². The van der Waals surface area contributed by atoms with E-state index in [2.05, 4.69) is 4.72 Å². The van der Waals surface area contributed by atoms with E-state index in [1.54, 1.807) is 0 Å². The maximum atomic E-state index is 12.1. The molecule has 0 saturated carbocycles. The Morgan fingerprint density at radius 1 is 1.35 bits per heavy atom. The lowest BCUT2D eigenvalue weighted by molar-refractivity contribution is 0.114. The van der Waals surface area contributed by atoms with Gasteiger partial charge in [0.25, 0.3) is 0 Å². The molecule has 0 aromatic heterocycles. The summed E-state index contributed by atoms with van der Waals surface area (Å²) in [6.45, 7) is 5.21. The second kappa shape index (κ2) is 7.47. The van der Waals surface area contributed by atoms with Crippen LogP contribution in [0.2, 0.25) is 0 Å². The van der Waals surface area contributed by atoms with Gasteiger partial charge < -0.3 is 15.2 Å². The molecule has 0 aliphatic carbocycles. The van der Waals surface area contributed by atoms with Crippen LogP contribution in [-0.2, 0) is 14.8 Å². The van der Waals surface area contributed by atoms with Gasteiger partial charge >= 0.3 is 0 Å². The Kier molecular flexibility index (Phi) is 6.25. The van der Waals surface area contributed by atoms with Crippen LogP contribution in [0.3, 0.4) is 0 Å². The molecule has 0 amide bonds. The Morgan fingerprint density at radius 3 is 2.65 bits per heavy atom. The van der Waals surface area contributed by atoms with Crippen molar-refractivity contribution in [2.45, 2.75) is 18.7 Å². The summed E-state index contributed by atoms with van der Waals surface area (Å²) in [5.41, 5.74) is 6.04. The molecular weight excluding hydrogens is 280 g/mol. The predicted molar refractivity (Wildman–Crippen MR) is 78.3 cm³/mol. The fourth-order valence-electron chi connectivity index (χ4n) is 1.55. The molecule has 7 heteroatoms. The quantitative estimate of drug-likeness (QED) is 0.557. The Labute approximate surface area is 120 Å². The molecular formula is C13H22N2O4S. The topological polar surface area (TPSA) is 90.7 Å². The average Bonchev–Trinajstić information content (AvgIpc) is 2.37. The van der Waals surface area contributed by atoms with Crippen molar-refractivity contribution < 1.29 is 17.9 Å². The SMILES string of the molecule is COc1cc(N)ccc1S(=O)(=O)NCCOCC(C)C. The standard InChI is InChI=1S/C13H22N2O4S/c1-10(2)9-19-7-6-15-20(16,17)13-5-4-11(14)8-12(13)18-3/h4-5,8,10,15H,6-7,9,14H2,1-3H3. The number of rotatable bonds is 8. The molecule has 0 aliphatic heterocycles. The highest BCUT2D eigenvalue weighted by Crippen LogP contribution is 2.25. The lowest BCUT2D eigenvalue weighted by Crippen LogP contribution is -2.28. The summed E-state index contributed by atoms with van der Waals surface area (Å²) in [4.78, 5) is 0.0676. The highest BCUT2D eigenvalue weighted by molar-refractivity contribution is 7.89. The number of methoxy groups -OCH3 is 1. The van der Waals surface area contributed by atoms with Gasteiger partial charge in [0.1, 0.15) is 10.6 Å². The third kappa shape index (κ3) is 4.99. The molecule has 0 fully saturated rings. The zero-order valence-corrected chi connectivity index (χ0v) is 12.9. The molecule has 0 spiro atoms. The van der Waals surface area contributed by atoms with Crippen molar-refractivity contribution in [3.05, 3.63) is 18.2 Å². The normalized spacial score (nSPS) is 11.8. The minimum Gasteiger partial charge on any atom is -0.495 e. The van der Waals surface area contributed by atoms with Gasteiger partial charge in [0.15, 0.2) is 0 Å². The molecule has 0 bridgehead atoms. The smallest absolute Gasteiger partial charge is 0.244 e. The van der Waals surface area contributed by atoms with Crippen LogP contribution in [0.15, 0.2) is 23.1 Å². The lowest BCUT2D eigenvalue weighted by atomic mass is 10.2. The zero-order valence-electron chi connectivity index (χ0n) is 12.0. The van der Waals surface area contributed by atoms with Gasteiger partial charge in [-0.15, -0.1) is 0 Å². The Balaban J connectivity index is 2.65. The number of nitrogens with one attached hydrogen (secondary N) is 1. The maximum absolute atomic E-state index is 12.1. The number of nitrogens with two attached hydrogens (primary N) is 1. The van der Waals surface area contributed by atoms with E-state index < -0.39 is 10.0 Å². The predicted octanol–water partition coefficient (Wildman–Crippen LogP) is 1.23. The highest BCUT2D eigenvalue weighted by atomic mass is 32.2. The summed E-state index contributed by atoms with van der Waals surface area (Å²) in [5, 5.41) is 0. The van der Waals surface area contributed by atoms with Gasteiger partial charge in [-0.1, -0.05) is 13.8 Å². The molecule has 114 valence electrons. The number of benzene rings is 1. The van der Waals surface area contributed by atoms with Gasteiger partial charge in [-0.3, -0.25) is 0 Å². The van der Waals surface area contributed by atoms with Gasteiger partial charge in [-0.25, -0.2) is 13.1 Å². The summed E-state index contributed by atoms with van der Waals surface area (Å²) >= 11 is 0. The van der Waals surface area contributed by atoms with Crippen molar-refractivity contribution in [2.24, 2.45) is 5.92 Å². The molecule has 0 heterocycles.